The van der Waals surface area contributed by atoms with E-state index in [9.17, 15) is 0 Å². The molecule has 2 heterocycles. The Morgan fingerprint density at radius 1 is 1.45 bits per heavy atom. The summed E-state index contributed by atoms with van der Waals surface area (Å²) < 4.78 is 7.24. The van der Waals surface area contributed by atoms with Crippen LogP contribution >= 0.6 is 11.6 Å². The lowest BCUT2D eigenvalue weighted by Gasteiger charge is -2.18. The van der Waals surface area contributed by atoms with Crippen LogP contribution in [0.3, 0.4) is 0 Å². The molecule has 20 heavy (non-hydrogen) atoms. The highest BCUT2D eigenvalue weighted by atomic mass is 35.5. The minimum atomic E-state index is -0.309. The highest BCUT2D eigenvalue weighted by molar-refractivity contribution is 6.30. The van der Waals surface area contributed by atoms with E-state index in [4.69, 9.17) is 22.2 Å². The van der Waals surface area contributed by atoms with Crippen molar-refractivity contribution in [2.75, 3.05) is 7.11 Å². The Balaban J connectivity index is 2.44. The summed E-state index contributed by atoms with van der Waals surface area (Å²) in [6, 6.07) is 3.30. The summed E-state index contributed by atoms with van der Waals surface area (Å²) in [7, 11) is 1.61. The van der Waals surface area contributed by atoms with E-state index in [1.807, 2.05) is 10.7 Å². The number of rotatable bonds is 6. The van der Waals surface area contributed by atoms with Crippen molar-refractivity contribution in [3.05, 3.63) is 40.9 Å². The van der Waals surface area contributed by atoms with E-state index in [-0.39, 0.29) is 6.04 Å². The SMILES string of the molecule is CCCn1ncc(OC)c1C(NN)c1ccc(Cl)cn1. The fourth-order valence-corrected chi connectivity index (χ4v) is 2.19. The van der Waals surface area contributed by atoms with Crippen LogP contribution in [-0.2, 0) is 6.54 Å². The Bertz CT molecular complexity index is 554. The number of halogens is 1. The number of hydrogen-bond donors (Lipinski definition) is 2. The van der Waals surface area contributed by atoms with Gasteiger partial charge in [0.2, 0.25) is 0 Å². The van der Waals surface area contributed by atoms with Gasteiger partial charge in [0.05, 0.1) is 24.0 Å². The van der Waals surface area contributed by atoms with Crippen LogP contribution in [0.4, 0.5) is 0 Å². The zero-order chi connectivity index (χ0) is 14.5. The molecule has 2 aromatic heterocycles. The van der Waals surface area contributed by atoms with Crippen molar-refractivity contribution in [2.24, 2.45) is 5.84 Å². The molecular formula is C13H18ClN5O. The lowest BCUT2D eigenvalue weighted by atomic mass is 10.1. The Labute approximate surface area is 122 Å². The zero-order valence-corrected chi connectivity index (χ0v) is 12.3. The van der Waals surface area contributed by atoms with Gasteiger partial charge in [-0.05, 0) is 18.6 Å². The highest BCUT2D eigenvalue weighted by Gasteiger charge is 2.23. The van der Waals surface area contributed by atoms with E-state index >= 15 is 0 Å². The van der Waals surface area contributed by atoms with Crippen molar-refractivity contribution in [1.29, 1.82) is 0 Å². The third-order valence-electron chi connectivity index (χ3n) is 2.99. The van der Waals surface area contributed by atoms with Crippen LogP contribution in [0.25, 0.3) is 0 Å². The molecule has 6 nitrogen and oxygen atoms in total. The minimum Gasteiger partial charge on any atom is -0.493 e. The first-order valence-corrected chi connectivity index (χ1v) is 6.76. The van der Waals surface area contributed by atoms with Gasteiger partial charge in [-0.2, -0.15) is 5.10 Å². The normalized spacial score (nSPS) is 12.4. The molecule has 3 N–H and O–H groups in total. The Hall–Kier alpha value is -1.63. The van der Waals surface area contributed by atoms with E-state index in [0.29, 0.717) is 10.8 Å². The Morgan fingerprint density at radius 3 is 2.80 bits per heavy atom. The maximum absolute atomic E-state index is 5.87. The van der Waals surface area contributed by atoms with E-state index < -0.39 is 0 Å². The van der Waals surface area contributed by atoms with E-state index in [2.05, 4.69) is 22.4 Å². The summed E-state index contributed by atoms with van der Waals surface area (Å²) in [4.78, 5) is 4.31. The Morgan fingerprint density at radius 2 is 2.25 bits per heavy atom. The smallest absolute Gasteiger partial charge is 0.162 e. The van der Waals surface area contributed by atoms with E-state index in [0.717, 1.165) is 24.4 Å². The zero-order valence-electron chi connectivity index (χ0n) is 11.5. The molecule has 108 valence electrons. The summed E-state index contributed by atoms with van der Waals surface area (Å²) in [5, 5.41) is 4.91. The molecule has 0 spiro atoms. The number of hydrogen-bond acceptors (Lipinski definition) is 5. The van der Waals surface area contributed by atoms with Gasteiger partial charge in [-0.1, -0.05) is 18.5 Å². The van der Waals surface area contributed by atoms with Gasteiger partial charge in [0, 0.05) is 12.7 Å². The number of nitrogens with two attached hydrogens (primary N) is 1. The van der Waals surface area contributed by atoms with E-state index in [1.54, 1.807) is 25.6 Å². The fraction of sp³-hybridized carbons (Fsp3) is 0.385. The first-order valence-electron chi connectivity index (χ1n) is 6.38. The van der Waals surface area contributed by atoms with Gasteiger partial charge in [-0.25, -0.2) is 5.43 Å². The second-order valence-corrected chi connectivity index (χ2v) is 4.76. The molecule has 0 fully saturated rings. The third-order valence-corrected chi connectivity index (χ3v) is 3.21. The van der Waals surface area contributed by atoms with Crippen LogP contribution in [0, 0.1) is 0 Å². The van der Waals surface area contributed by atoms with Crippen LogP contribution in [0.1, 0.15) is 30.8 Å². The molecule has 2 rings (SSSR count). The van der Waals surface area contributed by atoms with Crippen LogP contribution in [0.5, 0.6) is 5.75 Å². The molecule has 0 bridgehead atoms. The Kier molecular flexibility index (Phi) is 4.94. The first-order chi connectivity index (χ1) is 9.71. The molecule has 0 saturated heterocycles. The van der Waals surface area contributed by atoms with Gasteiger partial charge < -0.3 is 4.74 Å². The number of nitrogens with zero attached hydrogens (tertiary/aromatic N) is 3. The van der Waals surface area contributed by atoms with Gasteiger partial charge in [0.15, 0.2) is 5.75 Å². The molecule has 2 aromatic rings. The number of pyridine rings is 1. The fourth-order valence-electron chi connectivity index (χ4n) is 2.08. The predicted octanol–water partition coefficient (Wildman–Crippen LogP) is 1.90. The summed E-state index contributed by atoms with van der Waals surface area (Å²) in [5.74, 6) is 6.38. The number of nitrogens with one attached hydrogen (secondary N) is 1. The van der Waals surface area contributed by atoms with Crippen LogP contribution < -0.4 is 16.0 Å². The average Bonchev–Trinajstić information content (AvgIpc) is 2.85. The maximum Gasteiger partial charge on any atom is 0.162 e. The van der Waals surface area contributed by atoms with Crippen molar-refractivity contribution in [3.63, 3.8) is 0 Å². The van der Waals surface area contributed by atoms with Gasteiger partial charge >= 0.3 is 0 Å². The van der Waals surface area contributed by atoms with Crippen molar-refractivity contribution in [2.45, 2.75) is 25.9 Å². The maximum atomic E-state index is 5.87. The molecule has 0 aliphatic carbocycles. The molecule has 0 aliphatic rings. The first kappa shape index (κ1) is 14.8. The second kappa shape index (κ2) is 6.69. The van der Waals surface area contributed by atoms with Crippen molar-refractivity contribution in [3.8, 4) is 5.75 Å². The standard InChI is InChI=1S/C13H18ClN5O/c1-3-6-19-13(11(20-2)8-17-19)12(18-15)10-5-4-9(14)7-16-10/h4-5,7-8,12,18H,3,6,15H2,1-2H3. The summed E-state index contributed by atoms with van der Waals surface area (Å²) >= 11 is 5.87. The number of hydrazine groups is 1. The van der Waals surface area contributed by atoms with Gasteiger partial charge in [-0.15, -0.1) is 0 Å². The summed E-state index contributed by atoms with van der Waals surface area (Å²) in [6.07, 6.45) is 4.24. The van der Waals surface area contributed by atoms with Crippen molar-refractivity contribution in [1.82, 2.24) is 20.2 Å². The number of aryl methyl sites for hydroxylation is 1. The van der Waals surface area contributed by atoms with Crippen molar-refractivity contribution >= 4 is 11.6 Å². The second-order valence-electron chi connectivity index (χ2n) is 4.32. The lowest BCUT2D eigenvalue weighted by molar-refractivity contribution is 0.397. The molecule has 7 heteroatoms. The monoisotopic (exact) mass is 295 g/mol. The van der Waals surface area contributed by atoms with Gasteiger partial charge in [0.25, 0.3) is 0 Å². The molecule has 1 unspecified atom stereocenters. The van der Waals surface area contributed by atoms with Crippen LogP contribution in [-0.4, -0.2) is 21.9 Å². The quantitative estimate of drug-likeness (QED) is 0.629. The molecule has 0 aliphatic heterocycles. The van der Waals surface area contributed by atoms with E-state index in [1.165, 1.54) is 0 Å². The summed E-state index contributed by atoms with van der Waals surface area (Å²) in [5.41, 5.74) is 4.38. The number of aromatic nitrogens is 3. The largest absolute Gasteiger partial charge is 0.493 e. The number of methoxy groups -OCH3 is 1. The van der Waals surface area contributed by atoms with Crippen LogP contribution in [0.2, 0.25) is 5.02 Å². The molecule has 0 saturated carbocycles. The predicted molar refractivity (Wildman–Crippen MR) is 77.5 cm³/mol. The van der Waals surface area contributed by atoms with Gasteiger partial charge in [-0.3, -0.25) is 15.5 Å². The van der Waals surface area contributed by atoms with Gasteiger partial charge in [0.1, 0.15) is 11.7 Å². The average molecular weight is 296 g/mol. The van der Waals surface area contributed by atoms with Crippen molar-refractivity contribution < 1.29 is 4.74 Å². The molecule has 0 amide bonds. The van der Waals surface area contributed by atoms with Crippen LogP contribution in [0.15, 0.2) is 24.5 Å². The lowest BCUT2D eigenvalue weighted by Crippen LogP contribution is -2.31. The topological polar surface area (TPSA) is 78.0 Å². The minimum absolute atomic E-state index is 0.309. The summed E-state index contributed by atoms with van der Waals surface area (Å²) in [6.45, 7) is 2.87. The number of ether oxygens (including phenoxy) is 1. The molecule has 0 radical (unpaired) electrons. The molecule has 1 atom stereocenters. The molecular weight excluding hydrogens is 278 g/mol. The highest BCUT2D eigenvalue weighted by Crippen LogP contribution is 2.29. The molecule has 0 aromatic carbocycles. The third kappa shape index (κ3) is 2.92.